The molecule has 1 heterocycles. The van der Waals surface area contributed by atoms with E-state index in [-0.39, 0.29) is 5.54 Å². The van der Waals surface area contributed by atoms with Crippen LogP contribution in [0, 0.1) is 5.92 Å². The van der Waals surface area contributed by atoms with Gasteiger partial charge in [0, 0.05) is 17.1 Å². The molecular formula is C16H25ClN2. The van der Waals surface area contributed by atoms with Crippen molar-refractivity contribution in [3.8, 4) is 0 Å². The summed E-state index contributed by atoms with van der Waals surface area (Å²) in [7, 11) is 0. The molecule has 3 heteroatoms. The predicted octanol–water partition coefficient (Wildman–Crippen LogP) is 3.33. The second-order valence-electron chi connectivity index (χ2n) is 6.17. The summed E-state index contributed by atoms with van der Waals surface area (Å²) in [5.41, 5.74) is 7.46. The van der Waals surface area contributed by atoms with Crippen molar-refractivity contribution in [1.82, 2.24) is 4.90 Å². The van der Waals surface area contributed by atoms with E-state index in [1.54, 1.807) is 0 Å². The number of piperidine rings is 1. The van der Waals surface area contributed by atoms with Crippen LogP contribution in [0.25, 0.3) is 0 Å². The normalized spacial score (nSPS) is 21.3. The maximum Gasteiger partial charge on any atom is 0.0406 e. The van der Waals surface area contributed by atoms with Crippen LogP contribution < -0.4 is 5.73 Å². The molecule has 106 valence electrons. The van der Waals surface area contributed by atoms with Crippen LogP contribution in [0.5, 0.6) is 0 Å². The van der Waals surface area contributed by atoms with Crippen LogP contribution in [0.1, 0.15) is 32.3 Å². The fraction of sp³-hybridized carbons (Fsp3) is 0.625. The van der Waals surface area contributed by atoms with E-state index in [0.717, 1.165) is 17.4 Å². The van der Waals surface area contributed by atoms with Crippen LogP contribution in [0.4, 0.5) is 0 Å². The maximum absolute atomic E-state index is 6.08. The fourth-order valence-electron chi connectivity index (χ4n) is 2.90. The van der Waals surface area contributed by atoms with E-state index < -0.39 is 0 Å². The summed E-state index contributed by atoms with van der Waals surface area (Å²) in [6, 6.07) is 8.16. The highest BCUT2D eigenvalue weighted by atomic mass is 35.5. The minimum atomic E-state index is 0.0635. The minimum Gasteiger partial charge on any atom is -0.329 e. The molecule has 0 aliphatic carbocycles. The summed E-state index contributed by atoms with van der Waals surface area (Å²) in [6.07, 6.45) is 3.57. The van der Waals surface area contributed by atoms with E-state index in [9.17, 15) is 0 Å². The lowest BCUT2D eigenvalue weighted by Gasteiger charge is -2.44. The summed E-state index contributed by atoms with van der Waals surface area (Å²) in [5, 5.41) is 0.796. The lowest BCUT2D eigenvalue weighted by molar-refractivity contribution is 0.0709. The molecular weight excluding hydrogens is 256 g/mol. The third-order valence-electron chi connectivity index (χ3n) is 4.49. The first kappa shape index (κ1) is 14.8. The molecule has 0 bridgehead atoms. The van der Waals surface area contributed by atoms with Gasteiger partial charge in [-0.3, -0.25) is 4.90 Å². The molecule has 1 aromatic rings. The lowest BCUT2D eigenvalue weighted by Crippen LogP contribution is -2.55. The lowest BCUT2D eigenvalue weighted by atomic mass is 9.87. The molecule has 1 unspecified atom stereocenters. The molecule has 0 amide bonds. The van der Waals surface area contributed by atoms with E-state index in [1.165, 1.54) is 31.5 Å². The number of hydrogen-bond acceptors (Lipinski definition) is 2. The molecule has 0 spiro atoms. The Bertz CT molecular complexity index is 396. The van der Waals surface area contributed by atoms with Gasteiger partial charge in [-0.2, -0.15) is 0 Å². The molecule has 0 saturated carbocycles. The van der Waals surface area contributed by atoms with Crippen molar-refractivity contribution in [2.75, 3.05) is 19.6 Å². The molecule has 1 aromatic carbocycles. The van der Waals surface area contributed by atoms with Crippen molar-refractivity contribution in [2.45, 2.75) is 38.6 Å². The number of likely N-dealkylation sites (tertiary alicyclic amines) is 1. The average molecular weight is 281 g/mol. The molecule has 1 fully saturated rings. The van der Waals surface area contributed by atoms with E-state index >= 15 is 0 Å². The molecule has 1 aliphatic rings. The van der Waals surface area contributed by atoms with Crippen LogP contribution in [-0.2, 0) is 6.42 Å². The largest absolute Gasteiger partial charge is 0.329 e. The van der Waals surface area contributed by atoms with Crippen molar-refractivity contribution in [2.24, 2.45) is 11.7 Å². The highest BCUT2D eigenvalue weighted by Gasteiger charge is 2.32. The van der Waals surface area contributed by atoms with E-state index in [0.29, 0.717) is 6.54 Å². The standard InChI is InChI=1S/C16H25ClN2/c1-13-7-9-19(10-8-13)16(2,12-18)11-14-3-5-15(17)6-4-14/h3-6,13H,7-12,18H2,1-2H3. The Hall–Kier alpha value is -0.570. The molecule has 2 rings (SSSR count). The van der Waals surface area contributed by atoms with Crippen molar-refractivity contribution in [3.63, 3.8) is 0 Å². The molecule has 1 aliphatic heterocycles. The number of rotatable bonds is 4. The zero-order valence-corrected chi connectivity index (χ0v) is 12.8. The Morgan fingerprint density at radius 1 is 1.26 bits per heavy atom. The Morgan fingerprint density at radius 3 is 2.37 bits per heavy atom. The topological polar surface area (TPSA) is 29.3 Å². The van der Waals surface area contributed by atoms with Gasteiger partial charge in [-0.1, -0.05) is 30.7 Å². The van der Waals surface area contributed by atoms with Crippen LogP contribution in [0.2, 0.25) is 5.02 Å². The van der Waals surface area contributed by atoms with Crippen LogP contribution >= 0.6 is 11.6 Å². The van der Waals surface area contributed by atoms with Gasteiger partial charge in [0.05, 0.1) is 0 Å². The van der Waals surface area contributed by atoms with Gasteiger partial charge >= 0.3 is 0 Å². The molecule has 19 heavy (non-hydrogen) atoms. The number of nitrogens with two attached hydrogens (primary N) is 1. The van der Waals surface area contributed by atoms with Crippen LogP contribution in [-0.4, -0.2) is 30.1 Å². The third kappa shape index (κ3) is 3.71. The highest BCUT2D eigenvalue weighted by Crippen LogP contribution is 2.26. The van der Waals surface area contributed by atoms with Crippen molar-refractivity contribution >= 4 is 11.6 Å². The van der Waals surface area contributed by atoms with Gasteiger partial charge in [-0.05, 0) is 62.9 Å². The SMILES string of the molecule is CC1CCN(C(C)(CN)Cc2ccc(Cl)cc2)CC1. The van der Waals surface area contributed by atoms with E-state index in [2.05, 4.69) is 30.9 Å². The minimum absolute atomic E-state index is 0.0635. The molecule has 2 N–H and O–H groups in total. The highest BCUT2D eigenvalue weighted by molar-refractivity contribution is 6.30. The summed E-state index contributed by atoms with van der Waals surface area (Å²) < 4.78 is 0. The van der Waals surface area contributed by atoms with Crippen LogP contribution in [0.15, 0.2) is 24.3 Å². The quantitative estimate of drug-likeness (QED) is 0.917. The monoisotopic (exact) mass is 280 g/mol. The van der Waals surface area contributed by atoms with Crippen molar-refractivity contribution in [3.05, 3.63) is 34.9 Å². The zero-order valence-electron chi connectivity index (χ0n) is 12.0. The Kier molecular flexibility index (Phi) is 4.88. The molecule has 1 atom stereocenters. The molecule has 1 saturated heterocycles. The van der Waals surface area contributed by atoms with Crippen molar-refractivity contribution < 1.29 is 0 Å². The summed E-state index contributed by atoms with van der Waals surface area (Å²) >= 11 is 5.95. The van der Waals surface area contributed by atoms with Gasteiger partial charge in [0.1, 0.15) is 0 Å². The number of halogens is 1. The molecule has 2 nitrogen and oxygen atoms in total. The van der Waals surface area contributed by atoms with Gasteiger partial charge in [-0.25, -0.2) is 0 Å². The molecule has 0 radical (unpaired) electrons. The maximum atomic E-state index is 6.08. The van der Waals surface area contributed by atoms with Crippen molar-refractivity contribution in [1.29, 1.82) is 0 Å². The first-order chi connectivity index (χ1) is 9.03. The number of nitrogens with zero attached hydrogens (tertiary/aromatic N) is 1. The Labute approximate surface area is 121 Å². The fourth-order valence-corrected chi connectivity index (χ4v) is 3.03. The predicted molar refractivity (Wildman–Crippen MR) is 82.6 cm³/mol. The zero-order chi connectivity index (χ0) is 13.9. The summed E-state index contributed by atoms with van der Waals surface area (Å²) in [5.74, 6) is 0.855. The van der Waals surface area contributed by atoms with Gasteiger partial charge in [0.2, 0.25) is 0 Å². The summed E-state index contributed by atoms with van der Waals surface area (Å²) in [4.78, 5) is 2.57. The Morgan fingerprint density at radius 2 is 1.84 bits per heavy atom. The first-order valence-electron chi connectivity index (χ1n) is 7.23. The van der Waals surface area contributed by atoms with Crippen LogP contribution in [0.3, 0.4) is 0 Å². The van der Waals surface area contributed by atoms with E-state index in [1.807, 2.05) is 12.1 Å². The second-order valence-corrected chi connectivity index (χ2v) is 6.61. The van der Waals surface area contributed by atoms with E-state index in [4.69, 9.17) is 17.3 Å². The average Bonchev–Trinajstić information content (AvgIpc) is 2.42. The smallest absolute Gasteiger partial charge is 0.0406 e. The number of benzene rings is 1. The molecule has 0 aromatic heterocycles. The second kappa shape index (κ2) is 6.25. The Balaban J connectivity index is 2.06. The van der Waals surface area contributed by atoms with Gasteiger partial charge in [-0.15, -0.1) is 0 Å². The van der Waals surface area contributed by atoms with Gasteiger partial charge in [0.25, 0.3) is 0 Å². The summed E-state index contributed by atoms with van der Waals surface area (Å²) in [6.45, 7) is 7.67. The van der Waals surface area contributed by atoms with Gasteiger partial charge < -0.3 is 5.73 Å². The third-order valence-corrected chi connectivity index (χ3v) is 4.74. The van der Waals surface area contributed by atoms with Gasteiger partial charge in [0.15, 0.2) is 0 Å². The number of hydrogen-bond donors (Lipinski definition) is 1. The first-order valence-corrected chi connectivity index (χ1v) is 7.61.